The van der Waals surface area contributed by atoms with Crippen molar-refractivity contribution in [3.63, 3.8) is 0 Å². The summed E-state index contributed by atoms with van der Waals surface area (Å²) in [6.07, 6.45) is 6.68. The predicted molar refractivity (Wildman–Crippen MR) is 405 cm³/mol. The summed E-state index contributed by atoms with van der Waals surface area (Å²) in [5.74, 6) is -12.4. The molecule has 0 saturated carbocycles. The molecule has 0 spiro atoms. The van der Waals surface area contributed by atoms with Crippen LogP contribution in [0.3, 0.4) is 0 Å². The summed E-state index contributed by atoms with van der Waals surface area (Å²) in [4.78, 5) is 223. The second-order valence-electron chi connectivity index (χ2n) is 23.6. The Kier molecular flexibility index (Phi) is 39.8. The third-order valence-electron chi connectivity index (χ3n) is 15.1. The topological polar surface area (TPSA) is 784 Å². The molecule has 6 aliphatic heterocycles. The molecule has 0 aliphatic carbocycles. The number of methoxy groups -OCH3 is 2. The van der Waals surface area contributed by atoms with Gasteiger partial charge in [-0.1, -0.05) is 60.7 Å². The number of amides is 24. The number of carbonyl (C=O) groups is 20. The molecule has 12 rings (SSSR count). The van der Waals surface area contributed by atoms with E-state index < -0.39 is 187 Å². The number of phenolic OH excluding ortho intramolecular Hbond substituents is 1. The fourth-order valence-corrected chi connectivity index (χ4v) is 12.2. The van der Waals surface area contributed by atoms with Crippen LogP contribution in [0.2, 0.25) is 0 Å². The first-order chi connectivity index (χ1) is 58.7. The van der Waals surface area contributed by atoms with Crippen LogP contribution in [0.25, 0.3) is 36.5 Å². The van der Waals surface area contributed by atoms with Crippen LogP contribution in [0, 0.1) is 0 Å². The Hall–Kier alpha value is -13.5. The maximum absolute atomic E-state index is 11.6. The number of urea groups is 6. The Labute approximate surface area is 785 Å². The van der Waals surface area contributed by atoms with Gasteiger partial charge in [0.25, 0.3) is 81.0 Å². The molecule has 650 valence electrons. The number of rotatable bonds is 18. The number of phenols is 1. The van der Waals surface area contributed by atoms with Crippen molar-refractivity contribution in [2.45, 2.75) is 19.6 Å². The summed E-state index contributed by atoms with van der Waals surface area (Å²) >= 11 is 0.306. The molecule has 0 atom stereocenters. The van der Waals surface area contributed by atoms with Crippen LogP contribution in [-0.2, 0) is 102 Å². The summed E-state index contributed by atoms with van der Waals surface area (Å²) in [6, 6.07) is 22.3. The SMILES string of the molecule is COc1cc(C=C2C(=O)NC(=O)NC2=O)cc(OC)c1O.O=C(O)COc1ccc(C=C2C(=O)NC(=O)NC2=O)cc1.O=C1NC(=O)C(=Cc2cc(SOO[O-])cc(S(=O)(=O)[O-])c2)C(=O)N1.O=C1NC(=O)C(=Cc2ccc(C(=O)O)cc2)C(=O)N1.O=C1NC(=O)C(=Cc2ccccc2S(=O)(=O)O)C(=O)N1.O=C1NC(=O)C(=Cc2ccccc2S(=O)(=O)[O-])C(=O)N1.[Na+].[Na+].[Na+]. The van der Waals surface area contributed by atoms with Gasteiger partial charge in [-0.15, -0.1) is 0 Å². The average molecular weight is 1880 g/mol. The fraction of sp³-hybridized carbons (Fsp3) is 0.0423. The zero-order valence-electron chi connectivity index (χ0n) is 65.1. The zero-order chi connectivity index (χ0) is 92.7. The number of aliphatic carboxylic acids is 1. The second kappa shape index (κ2) is 47.7. The summed E-state index contributed by atoms with van der Waals surface area (Å²) in [5.41, 5.74) is -0.812. The Morgan fingerprint density at radius 3 is 0.984 bits per heavy atom. The Morgan fingerprint density at radius 2 is 0.688 bits per heavy atom. The molecule has 6 fully saturated rings. The molecule has 128 heavy (non-hydrogen) atoms. The first-order valence-electron chi connectivity index (χ1n) is 33.1. The Morgan fingerprint density at radius 1 is 0.391 bits per heavy atom. The first-order valence-corrected chi connectivity index (χ1v) is 38.1. The molecule has 24 amide bonds. The van der Waals surface area contributed by atoms with Crippen molar-refractivity contribution in [1.82, 2.24) is 63.8 Å². The van der Waals surface area contributed by atoms with Crippen molar-refractivity contribution in [3.05, 3.63) is 200 Å². The van der Waals surface area contributed by atoms with Gasteiger partial charge in [-0.25, -0.2) is 55.2 Å². The summed E-state index contributed by atoms with van der Waals surface area (Å²) < 4.78 is 117. The number of nitrogens with one attached hydrogen (secondary N) is 12. The minimum absolute atomic E-state index is 0. The van der Waals surface area contributed by atoms with Crippen LogP contribution in [0.15, 0.2) is 180 Å². The van der Waals surface area contributed by atoms with Crippen LogP contribution in [0.4, 0.5) is 28.8 Å². The van der Waals surface area contributed by atoms with Crippen LogP contribution in [0.5, 0.6) is 23.0 Å². The number of ether oxygens (including phenoxy) is 3. The van der Waals surface area contributed by atoms with Crippen LogP contribution >= 0.6 is 12.0 Å². The molecular formula is C71H51N12Na3O38S4. The largest absolute Gasteiger partial charge is 1.00 e. The maximum atomic E-state index is 11.6. The molecule has 57 heteroatoms. The van der Waals surface area contributed by atoms with E-state index in [0.717, 1.165) is 42.5 Å². The molecule has 6 aromatic carbocycles. The van der Waals surface area contributed by atoms with Gasteiger partial charge in [0.1, 0.15) is 64.3 Å². The normalized spacial score (nSPS) is 14.6. The van der Waals surface area contributed by atoms with Gasteiger partial charge in [0.2, 0.25) is 5.75 Å². The zero-order valence-corrected chi connectivity index (χ0v) is 74.4. The van der Waals surface area contributed by atoms with Gasteiger partial charge < -0.3 is 43.9 Å². The molecule has 6 saturated heterocycles. The second-order valence-corrected chi connectivity index (χ2v) is 28.5. The molecule has 0 radical (unpaired) electrons. The third-order valence-corrected chi connectivity index (χ3v) is 18.3. The molecule has 6 heterocycles. The summed E-state index contributed by atoms with van der Waals surface area (Å²) in [6.45, 7) is -0.465. The molecule has 0 aromatic heterocycles. The van der Waals surface area contributed by atoms with Gasteiger partial charge in [0.05, 0.1) is 41.6 Å². The van der Waals surface area contributed by atoms with E-state index in [-0.39, 0.29) is 150 Å². The minimum Gasteiger partial charge on any atom is -0.744 e. The van der Waals surface area contributed by atoms with Crippen molar-refractivity contribution in [3.8, 4) is 23.0 Å². The van der Waals surface area contributed by atoms with Gasteiger partial charge >= 0.3 is 137 Å². The summed E-state index contributed by atoms with van der Waals surface area (Å²) in [5, 5.41) is 62.6. The maximum Gasteiger partial charge on any atom is 1.00 e. The minimum atomic E-state index is -4.87. The monoisotopic (exact) mass is 1880 g/mol. The van der Waals surface area contributed by atoms with Gasteiger partial charge in [-0.05, 0) is 137 Å². The van der Waals surface area contributed by atoms with Crippen molar-refractivity contribution in [2.24, 2.45) is 0 Å². The third kappa shape index (κ3) is 31.3. The van der Waals surface area contributed by atoms with Crippen molar-refractivity contribution >= 4 is 198 Å². The standard InChI is InChI=1S/C13H12N2O6.C13H10N2O6.C12H8N2O5.C11H8N2O9S2.2C11H8N2O6S.3Na/c1-20-8-4-6(5-9(21-2)10(8)16)3-7-11(17)14-13(19)15-12(7)18;16-10(17)6-21-8-3-1-7(2-4-8)5-9-11(18)14-13(20)15-12(9)19;15-9-8(10(16)14-12(19)13-9)5-6-1-3-7(4-2-6)11(17)18;14-9-8(10(15)13-11(16)12-9)3-5-1-6(23-22-21-17)4-7(2-5)24(18,19)20;2*14-9-7(10(15)13-11(16)12-9)5-6-3-1-2-4-8(6)20(17,18)19;;;/h3-5,16H,1-2H3,(H2,14,15,17,18,19);1-5H,6H2,(H,16,17)(H2,14,15,18,19,20);1-5H,(H,17,18)(H2,13,14,15,16,19);1-4,17H,(H,18,19,20)(H2,12,13,14,15,16);2*1-5H,(H,17,18,19)(H2,12,13,14,15,16);;;/q;;;;;;3*+1/p-3. The van der Waals surface area contributed by atoms with E-state index in [1.165, 1.54) is 123 Å². The van der Waals surface area contributed by atoms with E-state index in [9.17, 15) is 141 Å². The number of aromatic hydroxyl groups is 1. The van der Waals surface area contributed by atoms with Gasteiger partial charge in [-0.2, -0.15) is 12.8 Å². The number of benzene rings is 6. The van der Waals surface area contributed by atoms with Crippen LogP contribution in [-0.4, -0.2) is 194 Å². The first kappa shape index (κ1) is 107. The van der Waals surface area contributed by atoms with E-state index in [0.29, 0.717) is 34.5 Å². The Bertz CT molecular complexity index is 5930. The number of imide groups is 12. The average Bonchev–Trinajstić information content (AvgIpc) is 0.813. The number of barbiturate groups is 6. The van der Waals surface area contributed by atoms with E-state index >= 15 is 0 Å². The molecule has 16 N–H and O–H groups in total. The van der Waals surface area contributed by atoms with Gasteiger partial charge in [0, 0.05) is 4.90 Å². The van der Waals surface area contributed by atoms with E-state index in [2.05, 4.69) is 9.37 Å². The van der Waals surface area contributed by atoms with Crippen molar-refractivity contribution in [2.75, 3.05) is 20.8 Å². The molecule has 0 bridgehead atoms. The predicted octanol–water partition coefficient (Wildman–Crippen LogP) is -11.2. The number of carboxylic acids is 2. The van der Waals surface area contributed by atoms with E-state index in [1.54, 1.807) is 12.1 Å². The van der Waals surface area contributed by atoms with Crippen LogP contribution < -0.4 is 172 Å². The number of carbonyl (C=O) groups excluding carboxylic acids is 18. The van der Waals surface area contributed by atoms with Crippen molar-refractivity contribution in [1.29, 1.82) is 0 Å². The van der Waals surface area contributed by atoms with E-state index in [4.69, 9.17) is 29.0 Å². The number of hydrogen-bond acceptors (Lipinski definition) is 36. The van der Waals surface area contributed by atoms with E-state index in [1.807, 2.05) is 63.8 Å². The molecule has 50 nitrogen and oxygen atoms in total. The van der Waals surface area contributed by atoms with Crippen LogP contribution in [0.1, 0.15) is 43.7 Å². The molecule has 6 aromatic rings. The molecule has 6 aliphatic rings. The number of carboxylic acid groups (broad SMARTS) is 2. The van der Waals surface area contributed by atoms with Crippen molar-refractivity contribution < 1.29 is 268 Å². The number of aromatic carboxylic acids is 1. The number of hydrogen-bond donors (Lipinski definition) is 16. The summed E-state index contributed by atoms with van der Waals surface area (Å²) in [7, 11) is -11.4. The smallest absolute Gasteiger partial charge is 0.744 e. The molecular weight excluding hydrogens is 1830 g/mol. The van der Waals surface area contributed by atoms with Gasteiger partial charge in [0.15, 0.2) is 18.1 Å². The quantitative estimate of drug-likeness (QED) is 0.00723. The fourth-order valence-electron chi connectivity index (χ4n) is 9.73. The van der Waals surface area contributed by atoms with Gasteiger partial charge in [-0.3, -0.25) is 131 Å². The molecule has 0 unspecified atom stereocenters. The Balaban J connectivity index is 0.000000321.